The number of carbonyl (C=O) groups excluding carboxylic acids is 2. The van der Waals surface area contributed by atoms with Crippen molar-refractivity contribution >= 4 is 11.9 Å². The second kappa shape index (κ2) is 16.7. The van der Waals surface area contributed by atoms with Crippen LogP contribution in [0.25, 0.3) is 0 Å². The van der Waals surface area contributed by atoms with Gasteiger partial charge >= 0.3 is 11.9 Å². The van der Waals surface area contributed by atoms with Crippen LogP contribution in [-0.4, -0.2) is 38.9 Å². The van der Waals surface area contributed by atoms with Gasteiger partial charge in [-0.1, -0.05) is 39.5 Å². The van der Waals surface area contributed by atoms with E-state index in [4.69, 9.17) is 14.2 Å². The fraction of sp³-hybridized carbons (Fsp3) is 0.895. The SMILES string of the molecule is CCCCCCCOC(=O)CCCCC(=O)OCC(C)CCOC. The molecule has 0 saturated carbocycles. The number of carbonyl (C=O) groups is 2. The summed E-state index contributed by atoms with van der Waals surface area (Å²) in [5, 5.41) is 0. The zero-order valence-corrected chi connectivity index (χ0v) is 15.8. The first-order valence-corrected chi connectivity index (χ1v) is 9.40. The van der Waals surface area contributed by atoms with Crippen molar-refractivity contribution in [2.45, 2.75) is 78.1 Å². The van der Waals surface area contributed by atoms with E-state index < -0.39 is 0 Å². The van der Waals surface area contributed by atoms with E-state index in [9.17, 15) is 9.59 Å². The summed E-state index contributed by atoms with van der Waals surface area (Å²) in [6.45, 7) is 5.84. The van der Waals surface area contributed by atoms with E-state index in [2.05, 4.69) is 6.92 Å². The van der Waals surface area contributed by atoms with Crippen LogP contribution in [0.5, 0.6) is 0 Å². The Morgan fingerprint density at radius 3 is 2.08 bits per heavy atom. The Balaban J connectivity index is 3.43. The number of ether oxygens (including phenoxy) is 3. The lowest BCUT2D eigenvalue weighted by molar-refractivity contribution is -0.146. The average Bonchev–Trinajstić information content (AvgIpc) is 2.58. The number of methoxy groups -OCH3 is 1. The summed E-state index contributed by atoms with van der Waals surface area (Å²) in [6, 6.07) is 0. The van der Waals surface area contributed by atoms with Crippen LogP contribution in [0.1, 0.15) is 78.1 Å². The van der Waals surface area contributed by atoms with Gasteiger partial charge in [0.15, 0.2) is 0 Å². The van der Waals surface area contributed by atoms with Gasteiger partial charge in [0.05, 0.1) is 13.2 Å². The van der Waals surface area contributed by atoms with Crippen LogP contribution in [0.2, 0.25) is 0 Å². The molecule has 0 aromatic heterocycles. The molecule has 142 valence electrons. The van der Waals surface area contributed by atoms with Gasteiger partial charge in [-0.25, -0.2) is 0 Å². The van der Waals surface area contributed by atoms with Gasteiger partial charge in [0.25, 0.3) is 0 Å². The summed E-state index contributed by atoms with van der Waals surface area (Å²) in [7, 11) is 1.66. The quantitative estimate of drug-likeness (QED) is 0.309. The highest BCUT2D eigenvalue weighted by Crippen LogP contribution is 2.07. The first-order chi connectivity index (χ1) is 11.6. The van der Waals surface area contributed by atoms with Crippen LogP contribution in [0, 0.1) is 5.92 Å². The highest BCUT2D eigenvalue weighted by molar-refractivity contribution is 5.70. The Morgan fingerprint density at radius 1 is 0.833 bits per heavy atom. The molecule has 0 aromatic rings. The zero-order valence-electron chi connectivity index (χ0n) is 15.8. The Kier molecular flexibility index (Phi) is 16.0. The van der Waals surface area contributed by atoms with Crippen LogP contribution in [0.15, 0.2) is 0 Å². The third kappa shape index (κ3) is 15.8. The van der Waals surface area contributed by atoms with E-state index in [1.165, 1.54) is 19.3 Å². The maximum Gasteiger partial charge on any atom is 0.305 e. The molecule has 0 radical (unpaired) electrons. The van der Waals surface area contributed by atoms with E-state index >= 15 is 0 Å². The van der Waals surface area contributed by atoms with E-state index in [0.29, 0.717) is 51.4 Å². The molecule has 0 aliphatic rings. The summed E-state index contributed by atoms with van der Waals surface area (Å²) >= 11 is 0. The van der Waals surface area contributed by atoms with Crippen molar-refractivity contribution in [1.82, 2.24) is 0 Å². The molecule has 24 heavy (non-hydrogen) atoms. The van der Waals surface area contributed by atoms with Crippen LogP contribution >= 0.6 is 0 Å². The predicted molar refractivity (Wildman–Crippen MR) is 94.8 cm³/mol. The smallest absolute Gasteiger partial charge is 0.305 e. The van der Waals surface area contributed by atoms with E-state index in [1.807, 2.05) is 6.92 Å². The molecule has 1 atom stereocenters. The van der Waals surface area contributed by atoms with Crippen LogP contribution in [0.4, 0.5) is 0 Å². The Labute approximate surface area is 147 Å². The van der Waals surface area contributed by atoms with Crippen molar-refractivity contribution in [2.75, 3.05) is 26.9 Å². The molecule has 0 amide bonds. The fourth-order valence-corrected chi connectivity index (χ4v) is 2.21. The molecule has 0 aliphatic heterocycles. The molecular formula is C19H36O5. The van der Waals surface area contributed by atoms with Gasteiger partial charge in [-0.2, -0.15) is 0 Å². The van der Waals surface area contributed by atoms with Crippen LogP contribution in [-0.2, 0) is 23.8 Å². The van der Waals surface area contributed by atoms with Crippen molar-refractivity contribution in [2.24, 2.45) is 5.92 Å². The van der Waals surface area contributed by atoms with Crippen molar-refractivity contribution in [1.29, 1.82) is 0 Å². The molecule has 0 aliphatic carbocycles. The summed E-state index contributed by atoms with van der Waals surface area (Å²) in [6.07, 6.45) is 8.69. The summed E-state index contributed by atoms with van der Waals surface area (Å²) in [4.78, 5) is 23.1. The third-order valence-electron chi connectivity index (χ3n) is 3.87. The van der Waals surface area contributed by atoms with Gasteiger partial charge in [0.1, 0.15) is 0 Å². The Morgan fingerprint density at radius 2 is 1.46 bits per heavy atom. The monoisotopic (exact) mass is 344 g/mol. The van der Waals surface area contributed by atoms with Crippen molar-refractivity contribution in [3.05, 3.63) is 0 Å². The molecule has 0 bridgehead atoms. The molecular weight excluding hydrogens is 308 g/mol. The minimum Gasteiger partial charge on any atom is -0.466 e. The number of esters is 2. The van der Waals surface area contributed by atoms with Gasteiger partial charge < -0.3 is 14.2 Å². The van der Waals surface area contributed by atoms with Gasteiger partial charge in [0, 0.05) is 26.6 Å². The van der Waals surface area contributed by atoms with Crippen LogP contribution < -0.4 is 0 Å². The van der Waals surface area contributed by atoms with E-state index in [0.717, 1.165) is 19.3 Å². The normalized spacial score (nSPS) is 12.0. The topological polar surface area (TPSA) is 61.8 Å². The lowest BCUT2D eigenvalue weighted by atomic mass is 10.1. The fourth-order valence-electron chi connectivity index (χ4n) is 2.21. The maximum absolute atomic E-state index is 11.6. The second-order valence-corrected chi connectivity index (χ2v) is 6.41. The maximum atomic E-state index is 11.6. The largest absolute Gasteiger partial charge is 0.466 e. The minimum absolute atomic E-state index is 0.160. The van der Waals surface area contributed by atoms with Gasteiger partial charge in [-0.05, 0) is 31.6 Å². The number of unbranched alkanes of at least 4 members (excludes halogenated alkanes) is 5. The Hall–Kier alpha value is -1.10. The second-order valence-electron chi connectivity index (χ2n) is 6.41. The molecule has 0 heterocycles. The molecule has 1 unspecified atom stereocenters. The first-order valence-electron chi connectivity index (χ1n) is 9.40. The van der Waals surface area contributed by atoms with Crippen molar-refractivity contribution in [3.8, 4) is 0 Å². The summed E-state index contributed by atoms with van der Waals surface area (Å²) in [5.41, 5.74) is 0. The first kappa shape index (κ1) is 22.9. The highest BCUT2D eigenvalue weighted by atomic mass is 16.5. The van der Waals surface area contributed by atoms with E-state index in [-0.39, 0.29) is 11.9 Å². The minimum atomic E-state index is -0.191. The molecule has 0 saturated heterocycles. The zero-order chi connectivity index (χ0) is 18.0. The number of hydrogen-bond acceptors (Lipinski definition) is 5. The van der Waals surface area contributed by atoms with Gasteiger partial charge in [-0.3, -0.25) is 9.59 Å². The molecule has 5 heteroatoms. The lowest BCUT2D eigenvalue weighted by Crippen LogP contribution is -2.13. The molecule has 0 fully saturated rings. The van der Waals surface area contributed by atoms with Gasteiger partial charge in [0.2, 0.25) is 0 Å². The molecule has 5 nitrogen and oxygen atoms in total. The molecule has 0 N–H and O–H groups in total. The van der Waals surface area contributed by atoms with Crippen molar-refractivity contribution in [3.63, 3.8) is 0 Å². The van der Waals surface area contributed by atoms with Crippen molar-refractivity contribution < 1.29 is 23.8 Å². The third-order valence-corrected chi connectivity index (χ3v) is 3.87. The molecule has 0 rings (SSSR count). The summed E-state index contributed by atoms with van der Waals surface area (Å²) in [5.74, 6) is -0.0446. The average molecular weight is 344 g/mol. The Bertz CT molecular complexity index is 317. The number of rotatable bonds is 16. The predicted octanol–water partition coefficient (Wildman–Crippen LogP) is 4.28. The highest BCUT2D eigenvalue weighted by Gasteiger charge is 2.08. The molecule has 0 aromatic carbocycles. The number of hydrogen-bond donors (Lipinski definition) is 0. The van der Waals surface area contributed by atoms with E-state index in [1.54, 1.807) is 7.11 Å². The van der Waals surface area contributed by atoms with Crippen LogP contribution in [0.3, 0.4) is 0 Å². The molecule has 0 spiro atoms. The standard InChI is InChI=1S/C19H36O5/c1-4-5-6-7-10-14-23-18(20)11-8-9-12-19(21)24-16-17(2)13-15-22-3/h17H,4-16H2,1-3H3. The summed E-state index contributed by atoms with van der Waals surface area (Å²) < 4.78 is 15.4. The van der Waals surface area contributed by atoms with Gasteiger partial charge in [-0.15, -0.1) is 0 Å². The lowest BCUT2D eigenvalue weighted by Gasteiger charge is -2.11.